The molecule has 3 rings (SSSR count). The molecule has 1 atom stereocenters. The summed E-state index contributed by atoms with van der Waals surface area (Å²) in [6.45, 7) is 2.59. The lowest BCUT2D eigenvalue weighted by Gasteiger charge is -2.21. The van der Waals surface area contributed by atoms with Gasteiger partial charge in [-0.05, 0) is 18.6 Å². The van der Waals surface area contributed by atoms with Gasteiger partial charge >= 0.3 is 5.69 Å². The molecule has 2 N–H and O–H groups in total. The fraction of sp³-hybridized carbons (Fsp3) is 0.526. The number of aromatic nitrogens is 2. The lowest BCUT2D eigenvalue weighted by atomic mass is 9.93. The van der Waals surface area contributed by atoms with E-state index in [0.29, 0.717) is 57.9 Å². The highest BCUT2D eigenvalue weighted by Gasteiger charge is 2.31. The van der Waals surface area contributed by atoms with Crippen molar-refractivity contribution in [3.05, 3.63) is 34.7 Å². The van der Waals surface area contributed by atoms with E-state index in [9.17, 15) is 14.4 Å². The number of carbonyl (C=O) groups excluding carboxylic acids is 2. The minimum Gasteiger partial charge on any atom is -0.378 e. The van der Waals surface area contributed by atoms with Gasteiger partial charge in [-0.3, -0.25) is 18.7 Å². The quantitative estimate of drug-likeness (QED) is 0.510. The highest BCUT2D eigenvalue weighted by atomic mass is 16.5. The molecular weight excluding hydrogens is 350 g/mol. The zero-order valence-corrected chi connectivity index (χ0v) is 15.3. The van der Waals surface area contributed by atoms with Gasteiger partial charge in [-0.1, -0.05) is 12.1 Å². The van der Waals surface area contributed by atoms with E-state index in [1.165, 1.54) is 4.57 Å². The van der Waals surface area contributed by atoms with Crippen LogP contribution in [-0.2, 0) is 25.6 Å². The molecule has 1 heterocycles. The third kappa shape index (κ3) is 4.35. The second-order valence-corrected chi connectivity index (χ2v) is 6.54. The summed E-state index contributed by atoms with van der Waals surface area (Å²) < 4.78 is 13.9. The Bertz CT molecular complexity index is 870. The summed E-state index contributed by atoms with van der Waals surface area (Å²) in [6, 6.07) is 6.81. The first-order valence-corrected chi connectivity index (χ1v) is 9.23. The van der Waals surface area contributed by atoms with Gasteiger partial charge < -0.3 is 15.2 Å². The zero-order valence-electron chi connectivity index (χ0n) is 15.3. The van der Waals surface area contributed by atoms with Crippen LogP contribution in [0.4, 0.5) is 0 Å². The molecule has 1 aliphatic carbocycles. The monoisotopic (exact) mass is 375 g/mol. The normalized spacial score (nSPS) is 17.7. The molecule has 2 aromatic rings. The minimum atomic E-state index is -0.577. The van der Waals surface area contributed by atoms with Crippen LogP contribution >= 0.6 is 0 Å². The van der Waals surface area contributed by atoms with Crippen molar-refractivity contribution in [1.82, 2.24) is 9.13 Å². The van der Waals surface area contributed by atoms with E-state index in [4.69, 9.17) is 15.2 Å². The Morgan fingerprint density at radius 1 is 1.00 bits per heavy atom. The number of nitrogens with two attached hydrogens (primary N) is 1. The average molecular weight is 375 g/mol. The number of ketones is 2. The standard InChI is InChI=1S/C19H25N3O5/c20-7-9-26-11-12-27-10-8-21-15-3-1-2-4-16(15)22(19(21)25)17-6-5-14(23)13-18(17)24/h1-4,17H,5-13,20H2. The Morgan fingerprint density at radius 3 is 2.41 bits per heavy atom. The average Bonchev–Trinajstić information content (AvgIpc) is 2.93. The summed E-state index contributed by atoms with van der Waals surface area (Å²) in [5, 5.41) is 0. The maximum atomic E-state index is 13.0. The summed E-state index contributed by atoms with van der Waals surface area (Å²) in [7, 11) is 0. The number of ether oxygens (including phenoxy) is 2. The molecule has 0 amide bonds. The lowest BCUT2D eigenvalue weighted by molar-refractivity contribution is -0.132. The smallest absolute Gasteiger partial charge is 0.329 e. The Morgan fingerprint density at radius 2 is 1.70 bits per heavy atom. The van der Waals surface area contributed by atoms with Crippen LogP contribution in [0.2, 0.25) is 0 Å². The van der Waals surface area contributed by atoms with Gasteiger partial charge in [-0.2, -0.15) is 0 Å². The van der Waals surface area contributed by atoms with Gasteiger partial charge in [0, 0.05) is 13.0 Å². The van der Waals surface area contributed by atoms with Crippen molar-refractivity contribution in [3.8, 4) is 0 Å². The topological polar surface area (TPSA) is 106 Å². The van der Waals surface area contributed by atoms with E-state index >= 15 is 0 Å². The molecule has 8 heteroatoms. The largest absolute Gasteiger partial charge is 0.378 e. The number of nitrogens with zero attached hydrogens (tertiary/aromatic N) is 2. The Balaban J connectivity index is 1.76. The molecule has 27 heavy (non-hydrogen) atoms. The fourth-order valence-electron chi connectivity index (χ4n) is 3.44. The molecule has 1 saturated carbocycles. The molecule has 1 aromatic heterocycles. The first kappa shape index (κ1) is 19.5. The third-order valence-electron chi connectivity index (χ3n) is 4.71. The van der Waals surface area contributed by atoms with Crippen LogP contribution in [0.1, 0.15) is 25.3 Å². The van der Waals surface area contributed by atoms with Gasteiger partial charge in [-0.25, -0.2) is 4.79 Å². The zero-order chi connectivity index (χ0) is 19.2. The van der Waals surface area contributed by atoms with E-state index in [1.54, 1.807) is 4.57 Å². The number of Topliss-reactive ketones (excluding diaryl/α,β-unsaturated/α-hetero) is 2. The highest BCUT2D eigenvalue weighted by Crippen LogP contribution is 2.26. The van der Waals surface area contributed by atoms with Crippen molar-refractivity contribution >= 4 is 22.6 Å². The summed E-state index contributed by atoms with van der Waals surface area (Å²) in [6.07, 6.45) is 0.608. The van der Waals surface area contributed by atoms with Gasteiger partial charge in [-0.15, -0.1) is 0 Å². The predicted molar refractivity (Wildman–Crippen MR) is 99.8 cm³/mol. The Labute approximate surface area is 156 Å². The second kappa shape index (κ2) is 9.07. The van der Waals surface area contributed by atoms with Crippen LogP contribution in [0.3, 0.4) is 0 Å². The number of para-hydroxylation sites is 2. The summed E-state index contributed by atoms with van der Waals surface area (Å²) in [5.74, 6) is -0.247. The van der Waals surface area contributed by atoms with Crippen LogP contribution in [0, 0.1) is 0 Å². The number of hydrogen-bond acceptors (Lipinski definition) is 6. The summed E-state index contributed by atoms with van der Waals surface area (Å²) in [5.41, 5.74) is 6.57. The number of fused-ring (bicyclic) bond motifs is 1. The highest BCUT2D eigenvalue weighted by molar-refractivity contribution is 6.03. The van der Waals surface area contributed by atoms with E-state index in [2.05, 4.69) is 0 Å². The maximum absolute atomic E-state index is 13.0. The van der Waals surface area contributed by atoms with Crippen molar-refractivity contribution in [1.29, 1.82) is 0 Å². The van der Waals surface area contributed by atoms with Crippen molar-refractivity contribution in [2.24, 2.45) is 5.73 Å². The van der Waals surface area contributed by atoms with Crippen LogP contribution in [0.5, 0.6) is 0 Å². The molecule has 1 aromatic carbocycles. The predicted octanol–water partition coefficient (Wildman–Crippen LogP) is 0.658. The van der Waals surface area contributed by atoms with Gasteiger partial charge in [0.25, 0.3) is 0 Å². The molecule has 146 valence electrons. The second-order valence-electron chi connectivity index (χ2n) is 6.54. The SMILES string of the molecule is NCCOCCOCCn1c(=O)n(C2CCC(=O)CC2=O)c2ccccc21. The molecule has 0 bridgehead atoms. The maximum Gasteiger partial charge on any atom is 0.329 e. The van der Waals surface area contributed by atoms with Crippen LogP contribution in [0.15, 0.2) is 29.1 Å². The number of benzene rings is 1. The molecule has 1 unspecified atom stereocenters. The van der Waals surface area contributed by atoms with E-state index in [0.717, 1.165) is 5.52 Å². The van der Waals surface area contributed by atoms with Crippen molar-refractivity contribution in [2.45, 2.75) is 31.8 Å². The van der Waals surface area contributed by atoms with Crippen LogP contribution < -0.4 is 11.4 Å². The van der Waals surface area contributed by atoms with Crippen molar-refractivity contribution in [2.75, 3.05) is 33.0 Å². The van der Waals surface area contributed by atoms with Crippen LogP contribution in [0.25, 0.3) is 11.0 Å². The number of rotatable bonds is 9. The van der Waals surface area contributed by atoms with E-state index in [-0.39, 0.29) is 23.7 Å². The molecular formula is C19H25N3O5. The minimum absolute atomic E-state index is 0.0571. The Hall–Kier alpha value is -2.29. The van der Waals surface area contributed by atoms with Crippen molar-refractivity contribution in [3.63, 3.8) is 0 Å². The van der Waals surface area contributed by atoms with Crippen LogP contribution in [-0.4, -0.2) is 53.7 Å². The summed E-state index contributed by atoms with van der Waals surface area (Å²) >= 11 is 0. The molecule has 8 nitrogen and oxygen atoms in total. The molecule has 0 radical (unpaired) electrons. The molecule has 0 spiro atoms. The lowest BCUT2D eigenvalue weighted by Crippen LogP contribution is -2.35. The first-order valence-electron chi connectivity index (χ1n) is 9.23. The Kier molecular flexibility index (Phi) is 6.54. The molecule has 0 aliphatic heterocycles. The molecule has 1 fully saturated rings. The molecule has 0 saturated heterocycles. The van der Waals surface area contributed by atoms with Crippen molar-refractivity contribution < 1.29 is 19.1 Å². The first-order chi connectivity index (χ1) is 13.1. The third-order valence-corrected chi connectivity index (χ3v) is 4.71. The van der Waals surface area contributed by atoms with E-state index < -0.39 is 6.04 Å². The number of carbonyl (C=O) groups is 2. The number of imidazole rings is 1. The van der Waals surface area contributed by atoms with Gasteiger partial charge in [0.2, 0.25) is 0 Å². The fourth-order valence-corrected chi connectivity index (χ4v) is 3.44. The van der Waals surface area contributed by atoms with Gasteiger partial charge in [0.1, 0.15) is 5.78 Å². The van der Waals surface area contributed by atoms with E-state index in [1.807, 2.05) is 24.3 Å². The summed E-state index contributed by atoms with van der Waals surface area (Å²) in [4.78, 5) is 36.9. The molecule has 1 aliphatic rings. The van der Waals surface area contributed by atoms with Gasteiger partial charge in [0.15, 0.2) is 5.78 Å². The van der Waals surface area contributed by atoms with Gasteiger partial charge in [0.05, 0.1) is 56.5 Å². The number of hydrogen-bond donors (Lipinski definition) is 1.